The summed E-state index contributed by atoms with van der Waals surface area (Å²) in [5, 5.41) is 0. The van der Waals surface area contributed by atoms with Gasteiger partial charge >= 0.3 is 0 Å². The fraction of sp³-hybridized carbons (Fsp3) is 0. The van der Waals surface area contributed by atoms with E-state index in [9.17, 15) is 8.42 Å². The van der Waals surface area contributed by atoms with Crippen molar-refractivity contribution >= 4 is 31.6 Å². The summed E-state index contributed by atoms with van der Waals surface area (Å²) in [7, 11) is -3.67. The SMILES string of the molecule is C#Cc1cccc(NS(=O)(=O)c2cncc(Br)c2)c1. The number of hydrogen-bond donors (Lipinski definition) is 1. The van der Waals surface area contributed by atoms with Crippen molar-refractivity contribution < 1.29 is 8.42 Å². The van der Waals surface area contributed by atoms with E-state index in [-0.39, 0.29) is 4.90 Å². The van der Waals surface area contributed by atoms with Gasteiger partial charge in [0.25, 0.3) is 10.0 Å². The predicted octanol–water partition coefficient (Wildman–Crippen LogP) is 2.63. The first-order chi connectivity index (χ1) is 9.01. The van der Waals surface area contributed by atoms with Crippen LogP contribution >= 0.6 is 15.9 Å². The molecular weight excluding hydrogens is 328 g/mol. The van der Waals surface area contributed by atoms with Gasteiger partial charge in [0.15, 0.2) is 0 Å². The highest BCUT2D eigenvalue weighted by molar-refractivity contribution is 9.10. The maximum Gasteiger partial charge on any atom is 0.263 e. The minimum absolute atomic E-state index is 0.0768. The first-order valence-corrected chi connectivity index (χ1v) is 7.49. The van der Waals surface area contributed by atoms with Crippen molar-refractivity contribution in [2.24, 2.45) is 0 Å². The van der Waals surface area contributed by atoms with Crippen LogP contribution in [0.25, 0.3) is 0 Å². The van der Waals surface area contributed by atoms with Gasteiger partial charge in [-0.1, -0.05) is 12.0 Å². The van der Waals surface area contributed by atoms with Crippen molar-refractivity contribution in [3.63, 3.8) is 0 Å². The lowest BCUT2D eigenvalue weighted by molar-refractivity contribution is 0.600. The number of hydrogen-bond acceptors (Lipinski definition) is 3. The third-order valence-electron chi connectivity index (χ3n) is 2.27. The molecule has 1 aromatic heterocycles. The highest BCUT2D eigenvalue weighted by Gasteiger charge is 2.15. The summed E-state index contributed by atoms with van der Waals surface area (Å²) in [5.74, 6) is 2.45. The zero-order valence-electron chi connectivity index (χ0n) is 9.67. The Morgan fingerprint density at radius 2 is 2.05 bits per heavy atom. The van der Waals surface area contributed by atoms with Gasteiger partial charge < -0.3 is 0 Å². The van der Waals surface area contributed by atoms with Gasteiger partial charge in [-0.2, -0.15) is 0 Å². The number of sulfonamides is 1. The summed E-state index contributed by atoms with van der Waals surface area (Å²) in [6.45, 7) is 0. The van der Waals surface area contributed by atoms with E-state index < -0.39 is 10.0 Å². The molecule has 0 spiro atoms. The Kier molecular flexibility index (Phi) is 3.88. The molecule has 19 heavy (non-hydrogen) atoms. The van der Waals surface area contributed by atoms with E-state index in [4.69, 9.17) is 6.42 Å². The van der Waals surface area contributed by atoms with Gasteiger partial charge in [-0.15, -0.1) is 6.42 Å². The Hall–Kier alpha value is -1.84. The van der Waals surface area contributed by atoms with E-state index in [1.807, 2.05) is 0 Å². The second-order valence-electron chi connectivity index (χ2n) is 3.67. The molecule has 1 aromatic carbocycles. The molecule has 2 rings (SSSR count). The fourth-order valence-corrected chi connectivity index (χ4v) is 2.98. The standard InChI is InChI=1S/C13H9BrN2O2S/c1-2-10-4-3-5-12(6-10)16-19(17,18)13-7-11(14)8-15-9-13/h1,3-9,16H. The molecule has 1 heterocycles. The summed E-state index contributed by atoms with van der Waals surface area (Å²) in [6, 6.07) is 8.10. The Morgan fingerprint density at radius 3 is 2.74 bits per heavy atom. The van der Waals surface area contributed by atoms with Crippen LogP contribution in [0, 0.1) is 12.3 Å². The van der Waals surface area contributed by atoms with E-state index in [1.54, 1.807) is 24.3 Å². The number of terminal acetylenes is 1. The molecule has 0 aliphatic carbocycles. The lowest BCUT2D eigenvalue weighted by Gasteiger charge is -2.08. The molecule has 0 unspecified atom stereocenters. The number of anilines is 1. The van der Waals surface area contributed by atoms with Crippen molar-refractivity contribution in [1.82, 2.24) is 4.98 Å². The third-order valence-corrected chi connectivity index (χ3v) is 4.05. The molecule has 1 N–H and O–H groups in total. The molecule has 2 aromatic rings. The summed E-state index contributed by atoms with van der Waals surface area (Å²) in [5.41, 5.74) is 1.02. The van der Waals surface area contributed by atoms with Crippen molar-refractivity contribution in [3.05, 3.63) is 52.8 Å². The van der Waals surface area contributed by atoms with Gasteiger partial charge in [0.05, 0.1) is 5.69 Å². The van der Waals surface area contributed by atoms with Crippen LogP contribution in [0.4, 0.5) is 5.69 Å². The van der Waals surface area contributed by atoms with Crippen molar-refractivity contribution in [2.45, 2.75) is 4.90 Å². The van der Waals surface area contributed by atoms with Crippen LogP contribution in [0.15, 0.2) is 52.1 Å². The Labute approximate surface area is 120 Å². The average molecular weight is 337 g/mol. The van der Waals surface area contributed by atoms with E-state index in [0.717, 1.165) is 0 Å². The summed E-state index contributed by atoms with van der Waals surface area (Å²) >= 11 is 3.18. The number of nitrogens with zero attached hydrogens (tertiary/aromatic N) is 1. The van der Waals surface area contributed by atoms with Gasteiger partial charge in [0.2, 0.25) is 0 Å². The molecule has 0 radical (unpaired) electrons. The molecule has 0 bridgehead atoms. The number of nitrogens with one attached hydrogen (secondary N) is 1. The first kappa shape index (κ1) is 13.6. The maximum absolute atomic E-state index is 12.1. The smallest absolute Gasteiger partial charge is 0.263 e. The van der Waals surface area contributed by atoms with Crippen LogP contribution in [0.3, 0.4) is 0 Å². The quantitative estimate of drug-likeness (QED) is 0.876. The summed E-state index contributed by atoms with van der Waals surface area (Å²) in [6.07, 6.45) is 8.06. The lowest BCUT2D eigenvalue weighted by atomic mass is 10.2. The van der Waals surface area contributed by atoms with Gasteiger partial charge in [0.1, 0.15) is 4.90 Å². The average Bonchev–Trinajstić information content (AvgIpc) is 2.38. The fourth-order valence-electron chi connectivity index (χ4n) is 1.43. The molecule has 0 aliphatic rings. The number of halogens is 1. The largest absolute Gasteiger partial charge is 0.280 e. The second-order valence-corrected chi connectivity index (χ2v) is 6.27. The highest BCUT2D eigenvalue weighted by atomic mass is 79.9. The van der Waals surface area contributed by atoms with Gasteiger partial charge in [0, 0.05) is 22.4 Å². The lowest BCUT2D eigenvalue weighted by Crippen LogP contribution is -2.13. The van der Waals surface area contributed by atoms with Gasteiger partial charge in [-0.25, -0.2) is 8.42 Å². The van der Waals surface area contributed by atoms with Crippen LogP contribution < -0.4 is 4.72 Å². The molecular formula is C13H9BrN2O2S. The summed E-state index contributed by atoms with van der Waals surface area (Å²) < 4.78 is 27.3. The minimum atomic E-state index is -3.67. The van der Waals surface area contributed by atoms with Crippen LogP contribution in [0.1, 0.15) is 5.56 Å². The minimum Gasteiger partial charge on any atom is -0.280 e. The van der Waals surface area contributed by atoms with E-state index in [1.165, 1.54) is 18.5 Å². The van der Waals surface area contributed by atoms with Crippen molar-refractivity contribution in [2.75, 3.05) is 4.72 Å². The summed E-state index contributed by atoms with van der Waals surface area (Å²) in [4.78, 5) is 3.90. The molecule has 0 saturated carbocycles. The molecule has 0 amide bonds. The van der Waals surface area contributed by atoms with E-state index in [2.05, 4.69) is 31.6 Å². The number of benzene rings is 1. The molecule has 96 valence electrons. The van der Waals surface area contributed by atoms with Gasteiger partial charge in [-0.3, -0.25) is 9.71 Å². The number of aromatic nitrogens is 1. The zero-order chi connectivity index (χ0) is 13.9. The van der Waals surface area contributed by atoms with Gasteiger partial charge in [-0.05, 0) is 40.2 Å². The normalized spacial score (nSPS) is 10.7. The highest BCUT2D eigenvalue weighted by Crippen LogP contribution is 2.18. The van der Waals surface area contributed by atoms with Crippen LogP contribution in [0.2, 0.25) is 0 Å². The molecule has 0 saturated heterocycles. The molecule has 6 heteroatoms. The molecule has 4 nitrogen and oxygen atoms in total. The first-order valence-electron chi connectivity index (χ1n) is 5.21. The van der Waals surface area contributed by atoms with Crippen molar-refractivity contribution in [3.8, 4) is 12.3 Å². The third kappa shape index (κ3) is 3.34. The molecule has 0 fully saturated rings. The van der Waals surface area contributed by atoms with Crippen LogP contribution in [-0.2, 0) is 10.0 Å². The van der Waals surface area contributed by atoms with Crippen LogP contribution in [0.5, 0.6) is 0 Å². The number of rotatable bonds is 3. The Bertz CT molecular complexity index is 751. The molecule has 0 aliphatic heterocycles. The monoisotopic (exact) mass is 336 g/mol. The predicted molar refractivity (Wildman–Crippen MR) is 77.1 cm³/mol. The maximum atomic E-state index is 12.1. The zero-order valence-corrected chi connectivity index (χ0v) is 12.1. The van der Waals surface area contributed by atoms with Crippen LogP contribution in [-0.4, -0.2) is 13.4 Å². The topological polar surface area (TPSA) is 59.1 Å². The Balaban J connectivity index is 2.34. The van der Waals surface area contributed by atoms with Crippen molar-refractivity contribution in [1.29, 1.82) is 0 Å². The van der Waals surface area contributed by atoms with E-state index >= 15 is 0 Å². The second kappa shape index (κ2) is 5.43. The molecule has 0 atom stereocenters. The Morgan fingerprint density at radius 1 is 1.26 bits per heavy atom. The number of pyridine rings is 1. The van der Waals surface area contributed by atoms with E-state index in [0.29, 0.717) is 15.7 Å².